The van der Waals surface area contributed by atoms with E-state index in [9.17, 15) is 0 Å². The molecule has 78 valence electrons. The molecule has 2 heterocycles. The van der Waals surface area contributed by atoms with Crippen LogP contribution in [-0.4, -0.2) is 23.5 Å². The minimum Gasteiger partial charge on any atom is -0.391 e. The van der Waals surface area contributed by atoms with Crippen LogP contribution in [-0.2, 0) is 17.8 Å². The van der Waals surface area contributed by atoms with Crippen LogP contribution in [0.25, 0.3) is 0 Å². The highest BCUT2D eigenvalue weighted by Gasteiger charge is 2.18. The molecule has 14 heavy (non-hydrogen) atoms. The second kappa shape index (κ2) is 4.57. The quantitative estimate of drug-likeness (QED) is 0.789. The van der Waals surface area contributed by atoms with Gasteiger partial charge in [-0.1, -0.05) is 5.16 Å². The van der Waals surface area contributed by atoms with Crippen LogP contribution in [0.4, 0.5) is 0 Å². The predicted octanol–water partition coefficient (Wildman–Crippen LogP) is 1.14. The summed E-state index contributed by atoms with van der Waals surface area (Å²) < 4.78 is 10.5. The molecule has 4 heteroatoms. The van der Waals surface area contributed by atoms with Crippen molar-refractivity contribution in [2.45, 2.75) is 25.9 Å². The molecule has 1 aromatic rings. The molecule has 0 amide bonds. The van der Waals surface area contributed by atoms with E-state index in [1.54, 1.807) is 6.20 Å². The Kier molecular flexibility index (Phi) is 3.16. The van der Waals surface area contributed by atoms with E-state index in [2.05, 4.69) is 5.16 Å². The highest BCUT2D eigenvalue weighted by atomic mass is 16.5. The van der Waals surface area contributed by atoms with Crippen molar-refractivity contribution < 1.29 is 14.4 Å². The van der Waals surface area contributed by atoms with Gasteiger partial charge in [-0.3, -0.25) is 0 Å². The van der Waals surface area contributed by atoms with Gasteiger partial charge in [-0.25, -0.2) is 0 Å². The van der Waals surface area contributed by atoms with E-state index >= 15 is 0 Å². The molecule has 4 nitrogen and oxygen atoms in total. The summed E-state index contributed by atoms with van der Waals surface area (Å²) in [4.78, 5) is 0. The fourth-order valence-electron chi connectivity index (χ4n) is 1.81. The second-order valence-electron chi connectivity index (χ2n) is 3.72. The number of aromatic nitrogens is 1. The van der Waals surface area contributed by atoms with Gasteiger partial charge in [-0.15, -0.1) is 0 Å². The van der Waals surface area contributed by atoms with Crippen molar-refractivity contribution in [1.82, 2.24) is 5.16 Å². The Morgan fingerprint density at radius 3 is 3.21 bits per heavy atom. The van der Waals surface area contributed by atoms with Gasteiger partial charge in [0.25, 0.3) is 0 Å². The normalized spacial score (nSPS) is 22.5. The average molecular weight is 197 g/mol. The first kappa shape index (κ1) is 9.68. The van der Waals surface area contributed by atoms with Gasteiger partial charge >= 0.3 is 0 Å². The largest absolute Gasteiger partial charge is 0.391 e. The third kappa shape index (κ3) is 2.13. The Hall–Kier alpha value is -0.870. The summed E-state index contributed by atoms with van der Waals surface area (Å²) in [5.41, 5.74) is 0.801. The van der Waals surface area contributed by atoms with E-state index in [-0.39, 0.29) is 6.61 Å². The van der Waals surface area contributed by atoms with Crippen molar-refractivity contribution in [2.75, 3.05) is 13.2 Å². The fourth-order valence-corrected chi connectivity index (χ4v) is 1.81. The Bertz CT molecular complexity index is 279. The minimum absolute atomic E-state index is 0.00636. The van der Waals surface area contributed by atoms with Crippen molar-refractivity contribution in [3.8, 4) is 0 Å². The summed E-state index contributed by atoms with van der Waals surface area (Å²) in [5, 5.41) is 12.7. The van der Waals surface area contributed by atoms with Crippen LogP contribution in [0, 0.1) is 5.92 Å². The highest BCUT2D eigenvalue weighted by Crippen LogP contribution is 2.20. The summed E-state index contributed by atoms with van der Waals surface area (Å²) in [7, 11) is 0. The number of aliphatic hydroxyl groups is 1. The lowest BCUT2D eigenvalue weighted by molar-refractivity contribution is 0.0523. The standard InChI is InChI=1S/C10H15NO3/c12-6-9-5-11-14-10(9)4-8-2-1-3-13-7-8/h5,8,12H,1-4,6-7H2. The van der Waals surface area contributed by atoms with Crippen molar-refractivity contribution in [2.24, 2.45) is 5.92 Å². The number of hydrogen-bond donors (Lipinski definition) is 1. The minimum atomic E-state index is 0.00636. The third-order valence-electron chi connectivity index (χ3n) is 2.63. The molecule has 0 spiro atoms. The monoisotopic (exact) mass is 197 g/mol. The van der Waals surface area contributed by atoms with Crippen LogP contribution in [0.15, 0.2) is 10.7 Å². The third-order valence-corrected chi connectivity index (χ3v) is 2.63. The molecule has 0 aromatic carbocycles. The number of aliphatic hydroxyl groups excluding tert-OH is 1. The molecule has 1 aliphatic rings. The lowest BCUT2D eigenvalue weighted by Gasteiger charge is -2.20. The van der Waals surface area contributed by atoms with Crippen LogP contribution < -0.4 is 0 Å². The molecule has 1 aliphatic heterocycles. The number of rotatable bonds is 3. The molecule has 1 aromatic heterocycles. The molecule has 1 fully saturated rings. The molecule has 2 rings (SSSR count). The summed E-state index contributed by atoms with van der Waals surface area (Å²) >= 11 is 0. The van der Waals surface area contributed by atoms with Crippen LogP contribution in [0.3, 0.4) is 0 Å². The lowest BCUT2D eigenvalue weighted by atomic mass is 9.96. The van der Waals surface area contributed by atoms with Gasteiger partial charge in [0.15, 0.2) is 0 Å². The highest BCUT2D eigenvalue weighted by molar-refractivity contribution is 5.12. The van der Waals surface area contributed by atoms with Gasteiger partial charge in [0.05, 0.1) is 12.8 Å². The first-order valence-electron chi connectivity index (χ1n) is 5.01. The van der Waals surface area contributed by atoms with E-state index in [0.717, 1.165) is 37.4 Å². The van der Waals surface area contributed by atoms with E-state index in [0.29, 0.717) is 5.92 Å². The van der Waals surface area contributed by atoms with Crippen molar-refractivity contribution in [1.29, 1.82) is 0 Å². The van der Waals surface area contributed by atoms with E-state index in [4.69, 9.17) is 14.4 Å². The molecule has 1 N–H and O–H groups in total. The molecular formula is C10H15NO3. The first-order chi connectivity index (χ1) is 6.90. The van der Waals surface area contributed by atoms with Gasteiger partial charge in [0, 0.05) is 25.2 Å². The van der Waals surface area contributed by atoms with Gasteiger partial charge in [0.2, 0.25) is 0 Å². The number of nitrogens with zero attached hydrogens (tertiary/aromatic N) is 1. The van der Waals surface area contributed by atoms with E-state index < -0.39 is 0 Å². The smallest absolute Gasteiger partial charge is 0.142 e. The fraction of sp³-hybridized carbons (Fsp3) is 0.700. The Morgan fingerprint density at radius 1 is 1.57 bits per heavy atom. The zero-order valence-electron chi connectivity index (χ0n) is 8.11. The molecular weight excluding hydrogens is 182 g/mol. The maximum absolute atomic E-state index is 9.01. The van der Waals surface area contributed by atoms with Crippen LogP contribution in [0.2, 0.25) is 0 Å². The zero-order valence-corrected chi connectivity index (χ0v) is 8.11. The average Bonchev–Trinajstić information content (AvgIpc) is 2.67. The van der Waals surface area contributed by atoms with Gasteiger partial charge in [0.1, 0.15) is 5.76 Å². The summed E-state index contributed by atoms with van der Waals surface area (Å²) in [5.74, 6) is 1.32. The van der Waals surface area contributed by atoms with Crippen LogP contribution >= 0.6 is 0 Å². The maximum Gasteiger partial charge on any atom is 0.142 e. The van der Waals surface area contributed by atoms with Crippen LogP contribution in [0.5, 0.6) is 0 Å². The second-order valence-corrected chi connectivity index (χ2v) is 3.72. The molecule has 0 saturated carbocycles. The van der Waals surface area contributed by atoms with Gasteiger partial charge in [-0.2, -0.15) is 0 Å². The van der Waals surface area contributed by atoms with Crippen LogP contribution in [0.1, 0.15) is 24.2 Å². The molecule has 1 atom stereocenters. The van der Waals surface area contributed by atoms with E-state index in [1.807, 2.05) is 0 Å². The summed E-state index contributed by atoms with van der Waals surface area (Å²) in [6.45, 7) is 1.68. The first-order valence-corrected chi connectivity index (χ1v) is 5.01. The predicted molar refractivity (Wildman–Crippen MR) is 49.7 cm³/mol. The molecule has 1 unspecified atom stereocenters. The maximum atomic E-state index is 9.01. The Morgan fingerprint density at radius 2 is 2.50 bits per heavy atom. The summed E-state index contributed by atoms with van der Waals surface area (Å²) in [6.07, 6.45) is 4.70. The Labute approximate surface area is 82.9 Å². The summed E-state index contributed by atoms with van der Waals surface area (Å²) in [6, 6.07) is 0. The molecule has 1 saturated heterocycles. The molecule has 0 radical (unpaired) electrons. The Balaban J connectivity index is 1.95. The topological polar surface area (TPSA) is 55.5 Å². The van der Waals surface area contributed by atoms with Crippen molar-refractivity contribution in [3.05, 3.63) is 17.5 Å². The van der Waals surface area contributed by atoms with E-state index in [1.165, 1.54) is 6.42 Å². The number of ether oxygens (including phenoxy) is 1. The molecule has 0 bridgehead atoms. The molecule has 0 aliphatic carbocycles. The van der Waals surface area contributed by atoms with Crippen molar-refractivity contribution in [3.63, 3.8) is 0 Å². The zero-order chi connectivity index (χ0) is 9.80. The van der Waals surface area contributed by atoms with Gasteiger partial charge in [-0.05, 0) is 18.8 Å². The lowest BCUT2D eigenvalue weighted by Crippen LogP contribution is -2.19. The van der Waals surface area contributed by atoms with Crippen molar-refractivity contribution >= 4 is 0 Å². The SMILES string of the molecule is OCc1cnoc1CC1CCCOC1. The number of hydrogen-bond acceptors (Lipinski definition) is 4. The van der Waals surface area contributed by atoms with Gasteiger partial charge < -0.3 is 14.4 Å².